The zero-order valence-corrected chi connectivity index (χ0v) is 15.0. The van der Waals surface area contributed by atoms with Crippen molar-refractivity contribution in [1.29, 1.82) is 0 Å². The van der Waals surface area contributed by atoms with Crippen molar-refractivity contribution in [3.63, 3.8) is 0 Å². The summed E-state index contributed by atoms with van der Waals surface area (Å²) in [7, 11) is -1.38. The van der Waals surface area contributed by atoms with Crippen LogP contribution in [0.1, 0.15) is 44.1 Å². The van der Waals surface area contributed by atoms with E-state index in [0.717, 1.165) is 5.56 Å². The van der Waals surface area contributed by atoms with E-state index in [0.29, 0.717) is 24.1 Å². The highest BCUT2D eigenvalue weighted by molar-refractivity contribution is 7.84. The van der Waals surface area contributed by atoms with Crippen LogP contribution in [0, 0.1) is 5.92 Å². The lowest BCUT2D eigenvalue weighted by Gasteiger charge is -2.13. The van der Waals surface area contributed by atoms with Gasteiger partial charge < -0.3 is 9.84 Å². The molecule has 0 bridgehead atoms. The Bertz CT molecular complexity index is 685. The zero-order valence-electron chi connectivity index (χ0n) is 14.2. The number of carbonyl (C=O) groups excluding carboxylic acids is 1. The van der Waals surface area contributed by atoms with Crippen LogP contribution in [0.5, 0.6) is 0 Å². The summed E-state index contributed by atoms with van der Waals surface area (Å²) in [6.45, 7) is 6.02. The second-order valence-electron chi connectivity index (χ2n) is 6.13. The van der Waals surface area contributed by atoms with E-state index < -0.39 is 10.8 Å². The van der Waals surface area contributed by atoms with Crippen molar-refractivity contribution < 1.29 is 13.5 Å². The summed E-state index contributed by atoms with van der Waals surface area (Å²) in [6, 6.07) is 9.51. The van der Waals surface area contributed by atoms with E-state index in [1.54, 1.807) is 0 Å². The maximum atomic E-state index is 12.1. The molecule has 2 unspecified atom stereocenters. The van der Waals surface area contributed by atoms with Crippen LogP contribution < -0.4 is 5.32 Å². The summed E-state index contributed by atoms with van der Waals surface area (Å²) in [5.41, 5.74) is 1.01. The summed E-state index contributed by atoms with van der Waals surface area (Å²) in [6.07, 6.45) is 0.714. The fourth-order valence-electron chi connectivity index (χ4n) is 2.24. The van der Waals surface area contributed by atoms with Crippen LogP contribution in [-0.2, 0) is 27.8 Å². The van der Waals surface area contributed by atoms with Gasteiger partial charge in [0.25, 0.3) is 0 Å². The Kier molecular flexibility index (Phi) is 6.66. The highest BCUT2D eigenvalue weighted by Gasteiger charge is 2.16. The molecular formula is C17H23N3O3S. The van der Waals surface area contributed by atoms with Gasteiger partial charge in [0.15, 0.2) is 5.82 Å². The van der Waals surface area contributed by atoms with Crippen molar-refractivity contribution in [3.8, 4) is 0 Å². The van der Waals surface area contributed by atoms with E-state index in [1.807, 2.05) is 37.3 Å². The van der Waals surface area contributed by atoms with Gasteiger partial charge in [-0.25, -0.2) is 0 Å². The van der Waals surface area contributed by atoms with Crippen LogP contribution in [-0.4, -0.2) is 26.0 Å². The minimum absolute atomic E-state index is 0.0843. The first-order chi connectivity index (χ1) is 11.4. The van der Waals surface area contributed by atoms with E-state index >= 15 is 0 Å². The largest absolute Gasteiger partial charge is 0.349 e. The first kappa shape index (κ1) is 18.3. The average Bonchev–Trinajstić information content (AvgIpc) is 2.93. The van der Waals surface area contributed by atoms with Crippen molar-refractivity contribution in [2.24, 2.45) is 5.92 Å². The summed E-state index contributed by atoms with van der Waals surface area (Å²) in [5.74, 6) is 1.10. The lowest BCUT2D eigenvalue weighted by molar-refractivity contribution is -0.119. The molecule has 1 aromatic carbocycles. The van der Waals surface area contributed by atoms with Crippen LogP contribution in [0.4, 0.5) is 0 Å². The second-order valence-corrected chi connectivity index (χ2v) is 7.59. The number of amides is 1. The molecule has 2 atom stereocenters. The highest BCUT2D eigenvalue weighted by Crippen LogP contribution is 2.11. The molecule has 0 saturated heterocycles. The number of benzene rings is 1. The molecule has 7 heteroatoms. The average molecular weight is 349 g/mol. The van der Waals surface area contributed by atoms with Gasteiger partial charge in [-0.2, -0.15) is 4.98 Å². The minimum atomic E-state index is -1.38. The third kappa shape index (κ3) is 5.88. The highest BCUT2D eigenvalue weighted by atomic mass is 32.2. The van der Waals surface area contributed by atoms with Gasteiger partial charge in [-0.15, -0.1) is 0 Å². The lowest BCUT2D eigenvalue weighted by atomic mass is 10.1. The molecule has 1 heterocycles. The van der Waals surface area contributed by atoms with Gasteiger partial charge in [-0.1, -0.05) is 49.3 Å². The fraction of sp³-hybridized carbons (Fsp3) is 0.471. The summed E-state index contributed by atoms with van der Waals surface area (Å²) in [4.78, 5) is 16.2. The molecule has 2 aromatic rings. The molecule has 1 aromatic heterocycles. The minimum Gasteiger partial charge on any atom is -0.349 e. The Morgan fingerprint density at radius 2 is 1.96 bits per heavy atom. The van der Waals surface area contributed by atoms with E-state index in [-0.39, 0.29) is 23.5 Å². The Balaban J connectivity index is 1.81. The summed E-state index contributed by atoms with van der Waals surface area (Å²) in [5, 5.41) is 6.70. The van der Waals surface area contributed by atoms with Gasteiger partial charge in [0.05, 0.1) is 6.04 Å². The number of nitrogens with zero attached hydrogens (tertiary/aromatic N) is 2. The van der Waals surface area contributed by atoms with Crippen LogP contribution in [0.3, 0.4) is 0 Å². The molecule has 0 spiro atoms. The lowest BCUT2D eigenvalue weighted by Crippen LogP contribution is -2.31. The SMILES string of the molecule is CC(C)Cc1noc(CS(=O)CC(=O)NC(C)c2ccccc2)n1. The van der Waals surface area contributed by atoms with Crippen LogP contribution >= 0.6 is 0 Å². The number of hydrogen-bond donors (Lipinski definition) is 1. The normalized spacial score (nSPS) is 13.7. The predicted octanol–water partition coefficient (Wildman–Crippen LogP) is 2.39. The quantitative estimate of drug-likeness (QED) is 0.791. The Morgan fingerprint density at radius 1 is 1.25 bits per heavy atom. The molecule has 1 amide bonds. The first-order valence-corrected chi connectivity index (χ1v) is 9.43. The first-order valence-electron chi connectivity index (χ1n) is 7.94. The molecule has 0 aliphatic carbocycles. The molecule has 0 aliphatic heterocycles. The molecule has 2 rings (SSSR count). The van der Waals surface area contributed by atoms with Crippen molar-refractivity contribution >= 4 is 16.7 Å². The van der Waals surface area contributed by atoms with Gasteiger partial charge >= 0.3 is 0 Å². The van der Waals surface area contributed by atoms with Crippen molar-refractivity contribution in [1.82, 2.24) is 15.5 Å². The number of carbonyl (C=O) groups is 1. The number of nitrogens with one attached hydrogen (secondary N) is 1. The smallest absolute Gasteiger partial charge is 0.239 e. The maximum absolute atomic E-state index is 12.1. The molecular weight excluding hydrogens is 326 g/mol. The van der Waals surface area contributed by atoms with Gasteiger partial charge in [-0.05, 0) is 18.4 Å². The summed E-state index contributed by atoms with van der Waals surface area (Å²) >= 11 is 0. The number of hydrogen-bond acceptors (Lipinski definition) is 5. The van der Waals surface area contributed by atoms with Crippen LogP contribution in [0.25, 0.3) is 0 Å². The molecule has 0 aliphatic rings. The molecule has 0 radical (unpaired) electrons. The molecule has 0 fully saturated rings. The molecule has 130 valence electrons. The van der Waals surface area contributed by atoms with Crippen molar-refractivity contribution in [2.45, 2.75) is 39.0 Å². The summed E-state index contributed by atoms with van der Waals surface area (Å²) < 4.78 is 17.2. The van der Waals surface area contributed by atoms with Crippen LogP contribution in [0.15, 0.2) is 34.9 Å². The molecule has 24 heavy (non-hydrogen) atoms. The van der Waals surface area contributed by atoms with E-state index in [1.165, 1.54) is 0 Å². The molecule has 1 N–H and O–H groups in total. The van der Waals surface area contributed by atoms with E-state index in [4.69, 9.17) is 4.52 Å². The third-order valence-electron chi connectivity index (χ3n) is 3.35. The standard InChI is InChI=1S/C17H23N3O3S/c1-12(2)9-15-19-17(23-20-15)11-24(22)10-16(21)18-13(3)14-7-5-4-6-8-14/h4-8,12-13H,9-11H2,1-3H3,(H,18,21). The van der Waals surface area contributed by atoms with Gasteiger partial charge in [0, 0.05) is 17.2 Å². The third-order valence-corrected chi connectivity index (χ3v) is 4.51. The number of aromatic nitrogens is 2. The Morgan fingerprint density at radius 3 is 2.62 bits per heavy atom. The monoisotopic (exact) mass is 349 g/mol. The Hall–Kier alpha value is -2.02. The fourth-order valence-corrected chi connectivity index (χ4v) is 3.11. The van der Waals surface area contributed by atoms with Crippen molar-refractivity contribution in [2.75, 3.05) is 5.75 Å². The van der Waals surface area contributed by atoms with Gasteiger partial charge in [-0.3, -0.25) is 9.00 Å². The van der Waals surface area contributed by atoms with E-state index in [2.05, 4.69) is 29.3 Å². The van der Waals surface area contributed by atoms with Gasteiger partial charge in [0.2, 0.25) is 11.8 Å². The van der Waals surface area contributed by atoms with Crippen LogP contribution in [0.2, 0.25) is 0 Å². The second kappa shape index (κ2) is 8.73. The predicted molar refractivity (Wildman–Crippen MR) is 92.6 cm³/mol. The zero-order chi connectivity index (χ0) is 17.5. The van der Waals surface area contributed by atoms with Crippen molar-refractivity contribution in [3.05, 3.63) is 47.6 Å². The number of rotatable bonds is 8. The molecule has 0 saturated carbocycles. The molecule has 6 nitrogen and oxygen atoms in total. The maximum Gasteiger partial charge on any atom is 0.239 e. The Labute approximate surface area is 144 Å². The topological polar surface area (TPSA) is 85.1 Å². The van der Waals surface area contributed by atoms with E-state index in [9.17, 15) is 9.00 Å². The van der Waals surface area contributed by atoms with Gasteiger partial charge in [0.1, 0.15) is 11.5 Å².